The predicted molar refractivity (Wildman–Crippen MR) is 76.7 cm³/mol. The number of primary amides is 1. The van der Waals surface area contributed by atoms with Crippen LogP contribution in [0.5, 0.6) is 5.75 Å². The third-order valence-electron chi connectivity index (χ3n) is 3.50. The van der Waals surface area contributed by atoms with E-state index in [-0.39, 0.29) is 18.6 Å². The van der Waals surface area contributed by atoms with Crippen molar-refractivity contribution in [1.82, 2.24) is 14.8 Å². The van der Waals surface area contributed by atoms with Crippen molar-refractivity contribution in [3.63, 3.8) is 0 Å². The zero-order valence-corrected chi connectivity index (χ0v) is 12.1. The van der Waals surface area contributed by atoms with Crippen molar-refractivity contribution < 1.29 is 14.3 Å². The lowest BCUT2D eigenvalue weighted by atomic mass is 10.1. The number of nitrogens with zero attached hydrogens (tertiary/aromatic N) is 3. The number of piperidine rings is 1. The van der Waals surface area contributed by atoms with Gasteiger partial charge in [0.05, 0.1) is 0 Å². The molecule has 0 aliphatic carbocycles. The Morgan fingerprint density at radius 2 is 2.00 bits per heavy atom. The Bertz CT molecular complexity index is 486. The minimum atomic E-state index is -0.598. The van der Waals surface area contributed by atoms with Gasteiger partial charge in [-0.2, -0.15) is 0 Å². The summed E-state index contributed by atoms with van der Waals surface area (Å²) in [5, 5.41) is 0. The average Bonchev–Trinajstić information content (AvgIpc) is 2.48. The van der Waals surface area contributed by atoms with Crippen molar-refractivity contribution in [3.05, 3.63) is 24.5 Å². The molecule has 3 amide bonds. The van der Waals surface area contributed by atoms with E-state index in [0.717, 1.165) is 18.6 Å². The predicted octanol–water partition coefficient (Wildman–Crippen LogP) is 0.462. The summed E-state index contributed by atoms with van der Waals surface area (Å²) in [5.41, 5.74) is 5.11. The van der Waals surface area contributed by atoms with Crippen LogP contribution in [0.4, 0.5) is 4.79 Å². The van der Waals surface area contributed by atoms with Gasteiger partial charge in [0, 0.05) is 45.4 Å². The van der Waals surface area contributed by atoms with Crippen LogP contribution in [0.2, 0.25) is 0 Å². The molecule has 0 unspecified atom stereocenters. The number of amides is 3. The van der Waals surface area contributed by atoms with Crippen molar-refractivity contribution in [2.45, 2.75) is 18.9 Å². The lowest BCUT2D eigenvalue weighted by Crippen LogP contribution is -2.47. The number of pyridine rings is 1. The first kappa shape index (κ1) is 15.1. The lowest BCUT2D eigenvalue weighted by molar-refractivity contribution is -0.133. The largest absolute Gasteiger partial charge is 0.490 e. The number of likely N-dealkylation sites (N-methyl/N-ethyl adjacent to an activating group) is 1. The number of aromatic nitrogens is 1. The fourth-order valence-corrected chi connectivity index (χ4v) is 2.21. The van der Waals surface area contributed by atoms with Gasteiger partial charge in [0.15, 0.2) is 0 Å². The number of hydrogen-bond acceptors (Lipinski definition) is 4. The summed E-state index contributed by atoms with van der Waals surface area (Å²) in [6.07, 6.45) is 5.02. The highest BCUT2D eigenvalue weighted by Gasteiger charge is 2.24. The molecule has 0 atom stereocenters. The zero-order chi connectivity index (χ0) is 15.2. The van der Waals surface area contributed by atoms with E-state index in [1.165, 1.54) is 11.9 Å². The smallest absolute Gasteiger partial charge is 0.314 e. The highest BCUT2D eigenvalue weighted by atomic mass is 16.5. The minimum Gasteiger partial charge on any atom is -0.490 e. The first-order valence-electron chi connectivity index (χ1n) is 6.91. The first-order valence-corrected chi connectivity index (χ1v) is 6.91. The molecule has 114 valence electrons. The number of rotatable bonds is 4. The second-order valence-electron chi connectivity index (χ2n) is 5.08. The Labute approximate surface area is 123 Å². The van der Waals surface area contributed by atoms with Crippen LogP contribution in [0.25, 0.3) is 0 Å². The van der Waals surface area contributed by atoms with E-state index in [1.807, 2.05) is 12.1 Å². The monoisotopic (exact) mass is 292 g/mol. The quantitative estimate of drug-likeness (QED) is 0.873. The van der Waals surface area contributed by atoms with Crippen molar-refractivity contribution in [1.29, 1.82) is 0 Å². The van der Waals surface area contributed by atoms with Crippen molar-refractivity contribution in [3.8, 4) is 5.75 Å². The van der Waals surface area contributed by atoms with Crippen molar-refractivity contribution in [2.75, 3.05) is 26.7 Å². The maximum absolute atomic E-state index is 12.0. The Morgan fingerprint density at radius 1 is 1.38 bits per heavy atom. The van der Waals surface area contributed by atoms with Gasteiger partial charge in [0.2, 0.25) is 5.91 Å². The molecule has 1 saturated heterocycles. The second kappa shape index (κ2) is 6.92. The molecule has 1 aliphatic heterocycles. The fourth-order valence-electron chi connectivity index (χ4n) is 2.21. The number of carbonyl (C=O) groups excluding carboxylic acids is 2. The minimum absolute atomic E-state index is 0.0191. The van der Waals surface area contributed by atoms with E-state index in [1.54, 1.807) is 17.3 Å². The number of likely N-dealkylation sites (tertiary alicyclic amines) is 1. The molecule has 0 spiro atoms. The summed E-state index contributed by atoms with van der Waals surface area (Å²) in [6, 6.07) is 3.04. The van der Waals surface area contributed by atoms with E-state index in [2.05, 4.69) is 4.98 Å². The molecule has 0 bridgehead atoms. The molecule has 7 nitrogen and oxygen atoms in total. The van der Waals surface area contributed by atoms with Gasteiger partial charge in [-0.1, -0.05) is 0 Å². The van der Waals surface area contributed by atoms with Crippen LogP contribution < -0.4 is 10.5 Å². The van der Waals surface area contributed by atoms with E-state index < -0.39 is 6.03 Å². The maximum atomic E-state index is 12.0. The van der Waals surface area contributed by atoms with Crippen LogP contribution in [0.1, 0.15) is 12.8 Å². The third-order valence-corrected chi connectivity index (χ3v) is 3.50. The van der Waals surface area contributed by atoms with Gasteiger partial charge in [-0.3, -0.25) is 9.78 Å². The number of carbonyl (C=O) groups is 2. The molecule has 1 aliphatic rings. The highest BCUT2D eigenvalue weighted by Crippen LogP contribution is 2.18. The Kier molecular flexibility index (Phi) is 4.97. The molecule has 7 heteroatoms. The summed E-state index contributed by atoms with van der Waals surface area (Å²) in [7, 11) is 1.51. The highest BCUT2D eigenvalue weighted by molar-refractivity contribution is 5.83. The summed E-state index contributed by atoms with van der Waals surface area (Å²) in [5.74, 6) is 0.710. The van der Waals surface area contributed by atoms with E-state index >= 15 is 0 Å². The second-order valence-corrected chi connectivity index (χ2v) is 5.08. The van der Waals surface area contributed by atoms with Crippen LogP contribution in [0.3, 0.4) is 0 Å². The summed E-state index contributed by atoms with van der Waals surface area (Å²) >= 11 is 0. The van der Waals surface area contributed by atoms with Gasteiger partial charge < -0.3 is 20.3 Å². The van der Waals surface area contributed by atoms with Gasteiger partial charge in [0.1, 0.15) is 18.4 Å². The Morgan fingerprint density at radius 3 is 2.57 bits per heavy atom. The van der Waals surface area contributed by atoms with Crippen LogP contribution in [-0.4, -0.2) is 59.5 Å². The molecule has 0 aromatic carbocycles. The summed E-state index contributed by atoms with van der Waals surface area (Å²) < 4.78 is 5.84. The third kappa shape index (κ3) is 4.34. The van der Waals surface area contributed by atoms with Crippen molar-refractivity contribution in [2.24, 2.45) is 5.73 Å². The number of nitrogens with two attached hydrogens (primary N) is 1. The molecule has 2 N–H and O–H groups in total. The van der Waals surface area contributed by atoms with Crippen LogP contribution >= 0.6 is 0 Å². The topological polar surface area (TPSA) is 88.8 Å². The maximum Gasteiger partial charge on any atom is 0.314 e. The molecular weight excluding hydrogens is 272 g/mol. The summed E-state index contributed by atoms with van der Waals surface area (Å²) in [6.45, 7) is 1.27. The Balaban J connectivity index is 1.78. The van der Waals surface area contributed by atoms with Gasteiger partial charge in [-0.25, -0.2) is 4.79 Å². The van der Waals surface area contributed by atoms with Gasteiger partial charge in [0.25, 0.3) is 0 Å². The fraction of sp³-hybridized carbons (Fsp3) is 0.500. The number of ether oxygens (including phenoxy) is 1. The van der Waals surface area contributed by atoms with Crippen LogP contribution in [0, 0.1) is 0 Å². The standard InChI is InChI=1S/C14H20N4O3/c1-17(14(15)20)10-13(19)18-8-4-12(5-9-18)21-11-2-6-16-7-3-11/h2-3,6-7,12H,4-5,8-10H2,1H3,(H2,15,20). The summed E-state index contributed by atoms with van der Waals surface area (Å²) in [4.78, 5) is 29.8. The lowest BCUT2D eigenvalue weighted by Gasteiger charge is -2.33. The number of hydrogen-bond donors (Lipinski definition) is 1. The molecule has 2 rings (SSSR count). The van der Waals surface area contributed by atoms with E-state index in [0.29, 0.717) is 13.1 Å². The van der Waals surface area contributed by atoms with Gasteiger partial charge in [-0.15, -0.1) is 0 Å². The number of urea groups is 1. The van der Waals surface area contributed by atoms with Gasteiger partial charge in [-0.05, 0) is 12.1 Å². The molecular formula is C14H20N4O3. The van der Waals surface area contributed by atoms with Crippen LogP contribution in [0.15, 0.2) is 24.5 Å². The molecule has 0 radical (unpaired) electrons. The Hall–Kier alpha value is -2.31. The first-order chi connectivity index (χ1) is 10.1. The molecule has 0 saturated carbocycles. The average molecular weight is 292 g/mol. The van der Waals surface area contributed by atoms with E-state index in [4.69, 9.17) is 10.5 Å². The molecule has 21 heavy (non-hydrogen) atoms. The van der Waals surface area contributed by atoms with E-state index in [9.17, 15) is 9.59 Å². The molecule has 1 aromatic rings. The molecule has 1 aromatic heterocycles. The van der Waals surface area contributed by atoms with Crippen LogP contribution in [-0.2, 0) is 4.79 Å². The van der Waals surface area contributed by atoms with Crippen molar-refractivity contribution >= 4 is 11.9 Å². The normalized spacial score (nSPS) is 15.6. The van der Waals surface area contributed by atoms with Gasteiger partial charge >= 0.3 is 6.03 Å². The molecule has 2 heterocycles. The molecule has 1 fully saturated rings. The SMILES string of the molecule is CN(CC(=O)N1CCC(Oc2ccncc2)CC1)C(N)=O. The zero-order valence-electron chi connectivity index (χ0n) is 12.1.